The molecule has 78 valence electrons. The van der Waals surface area contributed by atoms with Crippen LogP contribution in [0.5, 0.6) is 0 Å². The van der Waals surface area contributed by atoms with E-state index in [9.17, 15) is 0 Å². The zero-order valence-corrected chi connectivity index (χ0v) is 11.0. The van der Waals surface area contributed by atoms with E-state index in [1.165, 1.54) is 5.56 Å². The third-order valence-electron chi connectivity index (χ3n) is 2.03. The van der Waals surface area contributed by atoms with E-state index in [1.54, 1.807) is 0 Å². The fraction of sp³-hybridized carbons (Fsp3) is 0.0833. The van der Waals surface area contributed by atoms with Crippen molar-refractivity contribution in [1.29, 1.82) is 0 Å². The molecule has 1 heterocycles. The first-order chi connectivity index (χ1) is 6.84. The van der Waals surface area contributed by atoms with Crippen LogP contribution in [0.1, 0.15) is 5.56 Å². The van der Waals surface area contributed by atoms with Crippen LogP contribution < -0.4 is 28.5 Å². The van der Waals surface area contributed by atoms with E-state index >= 15 is 0 Å². The van der Waals surface area contributed by atoms with Crippen molar-refractivity contribution in [3.8, 4) is 0 Å². The molecule has 0 bridgehead atoms. The van der Waals surface area contributed by atoms with Gasteiger partial charge in [0.1, 0.15) is 5.02 Å². The Morgan fingerprint density at radius 2 is 1.73 bits per heavy atom. The number of hydrogen-bond acceptors (Lipinski definition) is 0. The monoisotopic (exact) mass is 331 g/mol. The van der Waals surface area contributed by atoms with Crippen molar-refractivity contribution in [3.63, 3.8) is 0 Å². The number of halogens is 2. The zero-order valence-electron chi connectivity index (χ0n) is 8.11. The Balaban J connectivity index is 0.00000112. The molecular weight excluding hydrogens is 320 g/mol. The van der Waals surface area contributed by atoms with Crippen LogP contribution in [0.25, 0.3) is 0 Å². The van der Waals surface area contributed by atoms with Gasteiger partial charge < -0.3 is 24.0 Å². The molecule has 15 heavy (non-hydrogen) atoms. The second kappa shape index (κ2) is 6.08. The van der Waals surface area contributed by atoms with Crippen LogP contribution in [-0.2, 0) is 6.54 Å². The molecule has 2 aromatic rings. The molecular formula is C12H11ClIN. The highest BCUT2D eigenvalue weighted by atomic mass is 127. The summed E-state index contributed by atoms with van der Waals surface area (Å²) >= 11 is 5.89. The van der Waals surface area contributed by atoms with Crippen molar-refractivity contribution in [2.45, 2.75) is 6.54 Å². The number of aromatic nitrogens is 1. The number of pyridine rings is 1. The van der Waals surface area contributed by atoms with E-state index in [0.29, 0.717) is 0 Å². The highest BCUT2D eigenvalue weighted by Gasteiger charge is 2.01. The summed E-state index contributed by atoms with van der Waals surface area (Å²) < 4.78 is 2.07. The molecule has 1 nitrogen and oxygen atoms in total. The van der Waals surface area contributed by atoms with Crippen molar-refractivity contribution in [1.82, 2.24) is 0 Å². The summed E-state index contributed by atoms with van der Waals surface area (Å²) in [6.07, 6.45) is 3.94. The first-order valence-electron chi connectivity index (χ1n) is 4.53. The van der Waals surface area contributed by atoms with Crippen LogP contribution in [0.3, 0.4) is 0 Å². The van der Waals surface area contributed by atoms with Crippen molar-refractivity contribution >= 4 is 11.6 Å². The van der Waals surface area contributed by atoms with Gasteiger partial charge in [0, 0.05) is 11.6 Å². The summed E-state index contributed by atoms with van der Waals surface area (Å²) in [6.45, 7) is 0.862. The van der Waals surface area contributed by atoms with E-state index < -0.39 is 0 Å². The Morgan fingerprint density at radius 3 is 2.40 bits per heavy atom. The molecule has 0 aliphatic rings. The summed E-state index contributed by atoms with van der Waals surface area (Å²) in [7, 11) is 0. The number of hydrogen-bond donors (Lipinski definition) is 0. The average molecular weight is 332 g/mol. The summed E-state index contributed by atoms with van der Waals surface area (Å²) in [5, 5.41) is 0.767. The molecule has 0 aliphatic carbocycles. The van der Waals surface area contributed by atoms with Gasteiger partial charge in [-0.3, -0.25) is 0 Å². The molecule has 0 saturated carbocycles. The summed E-state index contributed by atoms with van der Waals surface area (Å²) in [5.41, 5.74) is 1.28. The number of benzene rings is 1. The van der Waals surface area contributed by atoms with E-state index in [1.807, 2.05) is 42.7 Å². The number of nitrogens with zero attached hydrogens (tertiary/aromatic N) is 1. The predicted octanol–water partition coefficient (Wildman–Crippen LogP) is -0.320. The Morgan fingerprint density at radius 1 is 1.00 bits per heavy atom. The second-order valence-electron chi connectivity index (χ2n) is 3.18. The lowest BCUT2D eigenvalue weighted by Crippen LogP contribution is -3.00. The fourth-order valence-corrected chi connectivity index (χ4v) is 1.58. The highest BCUT2D eigenvalue weighted by Crippen LogP contribution is 2.03. The van der Waals surface area contributed by atoms with Gasteiger partial charge >= 0.3 is 0 Å². The topological polar surface area (TPSA) is 3.88 Å². The minimum atomic E-state index is 0. The first kappa shape index (κ1) is 12.5. The van der Waals surface area contributed by atoms with Crippen LogP contribution in [0.2, 0.25) is 5.02 Å². The molecule has 0 atom stereocenters. The minimum Gasteiger partial charge on any atom is -1.00 e. The largest absolute Gasteiger partial charge is 1.00 e. The number of rotatable bonds is 2. The Labute approximate surface area is 112 Å². The zero-order chi connectivity index (χ0) is 9.80. The Hall–Kier alpha value is -0.610. The molecule has 1 aromatic carbocycles. The van der Waals surface area contributed by atoms with Gasteiger partial charge in [-0.25, -0.2) is 0 Å². The molecule has 0 aliphatic heterocycles. The van der Waals surface area contributed by atoms with Gasteiger partial charge in [-0.2, -0.15) is 4.57 Å². The fourth-order valence-electron chi connectivity index (χ4n) is 1.38. The Bertz CT molecular complexity index is 417. The Kier molecular flexibility index (Phi) is 5.05. The predicted molar refractivity (Wildman–Crippen MR) is 57.2 cm³/mol. The van der Waals surface area contributed by atoms with E-state index in [4.69, 9.17) is 11.6 Å². The lowest BCUT2D eigenvalue weighted by atomic mass is 10.2. The van der Waals surface area contributed by atoms with Crippen LogP contribution in [0.15, 0.2) is 54.9 Å². The van der Waals surface area contributed by atoms with Gasteiger partial charge in [0.05, 0.1) is 0 Å². The summed E-state index contributed by atoms with van der Waals surface area (Å²) in [4.78, 5) is 0. The highest BCUT2D eigenvalue weighted by molar-refractivity contribution is 6.30. The smallest absolute Gasteiger partial charge is 0.187 e. The standard InChI is InChI=1S/C12H11ClN.HI/c13-12-7-4-8-14(10-12)9-11-5-2-1-3-6-11;/h1-8,10H,9H2;1H/q+1;/p-1. The van der Waals surface area contributed by atoms with Crippen molar-refractivity contribution in [2.75, 3.05) is 0 Å². The van der Waals surface area contributed by atoms with Gasteiger partial charge in [0.25, 0.3) is 0 Å². The third kappa shape index (κ3) is 3.80. The molecule has 0 amide bonds. The molecule has 3 heteroatoms. The molecule has 0 spiro atoms. The van der Waals surface area contributed by atoms with Gasteiger partial charge in [-0.05, 0) is 6.07 Å². The molecule has 0 saturated heterocycles. The normalized spacial score (nSPS) is 9.40. The average Bonchev–Trinajstić information content (AvgIpc) is 2.19. The summed E-state index contributed by atoms with van der Waals surface area (Å²) in [5.74, 6) is 0. The molecule has 0 N–H and O–H groups in total. The maximum Gasteiger partial charge on any atom is 0.187 e. The maximum atomic E-state index is 5.89. The second-order valence-corrected chi connectivity index (χ2v) is 3.62. The van der Waals surface area contributed by atoms with Crippen molar-refractivity contribution in [3.05, 3.63) is 65.4 Å². The third-order valence-corrected chi connectivity index (χ3v) is 2.25. The molecule has 2 rings (SSSR count). The lowest BCUT2D eigenvalue weighted by Gasteiger charge is -1.96. The maximum absolute atomic E-state index is 5.89. The van der Waals surface area contributed by atoms with Gasteiger partial charge in [-0.15, -0.1) is 0 Å². The van der Waals surface area contributed by atoms with E-state index in [0.717, 1.165) is 11.6 Å². The molecule has 1 aromatic heterocycles. The van der Waals surface area contributed by atoms with Crippen LogP contribution in [0, 0.1) is 0 Å². The van der Waals surface area contributed by atoms with Crippen molar-refractivity contribution in [2.24, 2.45) is 0 Å². The van der Waals surface area contributed by atoms with Gasteiger partial charge in [0.15, 0.2) is 18.9 Å². The quantitative estimate of drug-likeness (QED) is 0.525. The van der Waals surface area contributed by atoms with Crippen LogP contribution >= 0.6 is 11.6 Å². The van der Waals surface area contributed by atoms with Gasteiger partial charge in [0.2, 0.25) is 0 Å². The first-order valence-corrected chi connectivity index (χ1v) is 4.91. The molecule has 0 fully saturated rings. The van der Waals surface area contributed by atoms with Crippen LogP contribution in [-0.4, -0.2) is 0 Å². The van der Waals surface area contributed by atoms with Gasteiger partial charge in [-0.1, -0.05) is 41.9 Å². The minimum absolute atomic E-state index is 0. The van der Waals surface area contributed by atoms with E-state index in [2.05, 4.69) is 16.7 Å². The summed E-state index contributed by atoms with van der Waals surface area (Å²) in [6, 6.07) is 14.1. The molecule has 0 unspecified atom stereocenters. The SMILES string of the molecule is Clc1ccc[n+](Cc2ccccc2)c1.[I-]. The molecule has 0 radical (unpaired) electrons. The van der Waals surface area contributed by atoms with Crippen molar-refractivity contribution < 1.29 is 28.5 Å². The van der Waals surface area contributed by atoms with Crippen LogP contribution in [0.4, 0.5) is 0 Å². The lowest BCUT2D eigenvalue weighted by molar-refractivity contribution is -0.688. The van der Waals surface area contributed by atoms with E-state index in [-0.39, 0.29) is 24.0 Å².